The third kappa shape index (κ3) is 3.76. The van der Waals surface area contributed by atoms with Gasteiger partial charge in [0.15, 0.2) is 0 Å². The van der Waals surface area contributed by atoms with E-state index in [0.29, 0.717) is 12.6 Å². The minimum Gasteiger partial charge on any atom is -0.389 e. The third-order valence-corrected chi connectivity index (χ3v) is 5.29. The van der Waals surface area contributed by atoms with E-state index in [1.807, 2.05) is 0 Å². The van der Waals surface area contributed by atoms with Gasteiger partial charge in [-0.3, -0.25) is 4.79 Å². The van der Waals surface area contributed by atoms with Gasteiger partial charge in [0.25, 0.3) is 5.56 Å². The topological polar surface area (TPSA) is 67.2 Å². The predicted molar refractivity (Wildman–Crippen MR) is 85.8 cm³/mol. The maximum Gasteiger partial charge on any atom is 0.266 e. The highest BCUT2D eigenvalue weighted by molar-refractivity contribution is 4.90. The molecular weight excluding hydrogens is 278 g/mol. The molecule has 0 saturated heterocycles. The summed E-state index contributed by atoms with van der Waals surface area (Å²) < 4.78 is 1.63. The Hall–Kier alpha value is -1.20. The van der Waals surface area contributed by atoms with Gasteiger partial charge in [-0.1, -0.05) is 19.3 Å². The largest absolute Gasteiger partial charge is 0.389 e. The van der Waals surface area contributed by atoms with Crippen LogP contribution in [0.2, 0.25) is 0 Å². The van der Waals surface area contributed by atoms with Crippen LogP contribution in [0, 0.1) is 0 Å². The molecule has 1 heterocycles. The number of aromatic nitrogens is 2. The van der Waals surface area contributed by atoms with Crippen molar-refractivity contribution in [2.24, 2.45) is 0 Å². The van der Waals surface area contributed by atoms with Crippen molar-refractivity contribution in [2.45, 2.75) is 75.5 Å². The van der Waals surface area contributed by atoms with Crippen molar-refractivity contribution in [3.63, 3.8) is 0 Å². The van der Waals surface area contributed by atoms with Crippen molar-refractivity contribution in [3.8, 4) is 0 Å². The molecule has 5 nitrogen and oxygen atoms in total. The van der Waals surface area contributed by atoms with Gasteiger partial charge in [0.2, 0.25) is 0 Å². The lowest BCUT2D eigenvalue weighted by Gasteiger charge is -2.36. The molecule has 0 aromatic carbocycles. The lowest BCUT2D eigenvalue weighted by Crippen LogP contribution is -2.46. The van der Waals surface area contributed by atoms with Crippen molar-refractivity contribution < 1.29 is 5.11 Å². The Balaban J connectivity index is 1.48. The summed E-state index contributed by atoms with van der Waals surface area (Å²) in [5.74, 6) is 0. The molecule has 0 amide bonds. The van der Waals surface area contributed by atoms with Crippen LogP contribution in [-0.4, -0.2) is 33.1 Å². The van der Waals surface area contributed by atoms with Gasteiger partial charge in [0.05, 0.1) is 11.6 Å². The van der Waals surface area contributed by atoms with E-state index >= 15 is 0 Å². The van der Waals surface area contributed by atoms with Crippen molar-refractivity contribution in [2.75, 3.05) is 6.54 Å². The van der Waals surface area contributed by atoms with Crippen LogP contribution in [-0.2, 0) is 0 Å². The molecule has 0 radical (unpaired) electrons. The molecule has 1 aromatic rings. The van der Waals surface area contributed by atoms with E-state index < -0.39 is 5.60 Å². The molecule has 122 valence electrons. The summed E-state index contributed by atoms with van der Waals surface area (Å²) in [6.45, 7) is 0.714. The summed E-state index contributed by atoms with van der Waals surface area (Å²) in [5, 5.41) is 18.3. The molecule has 1 aromatic heterocycles. The fourth-order valence-electron chi connectivity index (χ4n) is 3.89. The first-order valence-corrected chi connectivity index (χ1v) is 8.66. The molecule has 2 aliphatic rings. The maximum absolute atomic E-state index is 11.8. The van der Waals surface area contributed by atoms with Crippen LogP contribution < -0.4 is 10.9 Å². The number of aliphatic hydroxyl groups is 1. The Labute approximate surface area is 131 Å². The lowest BCUT2D eigenvalue weighted by atomic mass is 9.84. The molecule has 0 atom stereocenters. The zero-order valence-corrected chi connectivity index (χ0v) is 13.2. The standard InChI is InChI=1S/C17H27N3O2/c21-16-5-4-12-19-20(16)15-8-6-14(7-9-15)18-13-17(22)10-2-1-3-11-17/h4-5,12,14-15,18,22H,1-3,6-11,13H2. The van der Waals surface area contributed by atoms with Gasteiger partial charge in [0, 0.05) is 24.8 Å². The number of rotatable bonds is 4. The highest BCUT2D eigenvalue weighted by Gasteiger charge is 2.30. The van der Waals surface area contributed by atoms with E-state index in [1.54, 1.807) is 23.0 Å². The molecule has 2 saturated carbocycles. The molecule has 0 bridgehead atoms. The minimum atomic E-state index is -0.493. The van der Waals surface area contributed by atoms with Crippen LogP contribution in [0.4, 0.5) is 0 Å². The number of hydrogen-bond donors (Lipinski definition) is 2. The number of nitrogens with zero attached hydrogens (tertiary/aromatic N) is 2. The Kier molecular flexibility index (Phi) is 4.93. The smallest absolute Gasteiger partial charge is 0.266 e. The van der Waals surface area contributed by atoms with E-state index in [0.717, 1.165) is 51.4 Å². The normalized spacial score (nSPS) is 28.4. The Bertz CT molecular complexity index is 529. The second kappa shape index (κ2) is 6.92. The average Bonchev–Trinajstić information content (AvgIpc) is 2.55. The SMILES string of the molecule is O=c1cccnn1C1CCC(NCC2(O)CCCCC2)CC1. The molecular formula is C17H27N3O2. The lowest BCUT2D eigenvalue weighted by molar-refractivity contribution is 0.00127. The van der Waals surface area contributed by atoms with Crippen LogP contribution in [0.15, 0.2) is 23.1 Å². The summed E-state index contributed by atoms with van der Waals surface area (Å²) >= 11 is 0. The molecule has 22 heavy (non-hydrogen) atoms. The summed E-state index contributed by atoms with van der Waals surface area (Å²) in [4.78, 5) is 11.8. The first-order valence-electron chi connectivity index (χ1n) is 8.66. The van der Waals surface area contributed by atoms with Crippen LogP contribution in [0.3, 0.4) is 0 Å². The van der Waals surface area contributed by atoms with Gasteiger partial charge in [-0.2, -0.15) is 5.10 Å². The summed E-state index contributed by atoms with van der Waals surface area (Å²) in [6.07, 6.45) is 11.1. The summed E-state index contributed by atoms with van der Waals surface area (Å²) in [7, 11) is 0. The zero-order chi connectivity index (χ0) is 15.4. The van der Waals surface area contributed by atoms with Gasteiger partial charge in [-0.15, -0.1) is 0 Å². The third-order valence-electron chi connectivity index (χ3n) is 5.29. The first kappa shape index (κ1) is 15.7. The quantitative estimate of drug-likeness (QED) is 0.893. The molecule has 0 aliphatic heterocycles. The fraction of sp³-hybridized carbons (Fsp3) is 0.765. The van der Waals surface area contributed by atoms with Crippen molar-refractivity contribution >= 4 is 0 Å². The van der Waals surface area contributed by atoms with Crippen molar-refractivity contribution in [3.05, 3.63) is 28.7 Å². The number of hydrogen-bond acceptors (Lipinski definition) is 4. The summed E-state index contributed by atoms with van der Waals surface area (Å²) in [5.41, 5.74) is -0.497. The Morgan fingerprint density at radius 2 is 1.95 bits per heavy atom. The van der Waals surface area contributed by atoms with Gasteiger partial charge in [0.1, 0.15) is 0 Å². The second-order valence-electron chi connectivity index (χ2n) is 6.98. The molecule has 2 aliphatic carbocycles. The molecule has 2 fully saturated rings. The van der Waals surface area contributed by atoms with Gasteiger partial charge >= 0.3 is 0 Å². The zero-order valence-electron chi connectivity index (χ0n) is 13.2. The Morgan fingerprint density at radius 1 is 1.23 bits per heavy atom. The molecule has 0 unspecified atom stereocenters. The molecule has 5 heteroatoms. The number of nitrogens with one attached hydrogen (secondary N) is 1. The first-order chi connectivity index (χ1) is 10.7. The van der Waals surface area contributed by atoms with Gasteiger partial charge in [-0.05, 0) is 44.6 Å². The monoisotopic (exact) mass is 305 g/mol. The van der Waals surface area contributed by atoms with Crippen LogP contribution >= 0.6 is 0 Å². The highest BCUT2D eigenvalue weighted by Crippen LogP contribution is 2.30. The van der Waals surface area contributed by atoms with Crippen LogP contribution in [0.5, 0.6) is 0 Å². The predicted octanol–water partition coefficient (Wildman–Crippen LogP) is 2.01. The minimum absolute atomic E-state index is 0.00424. The maximum atomic E-state index is 11.8. The second-order valence-corrected chi connectivity index (χ2v) is 6.98. The van der Waals surface area contributed by atoms with E-state index in [2.05, 4.69) is 10.4 Å². The Morgan fingerprint density at radius 3 is 2.64 bits per heavy atom. The van der Waals surface area contributed by atoms with Crippen LogP contribution in [0.1, 0.15) is 63.8 Å². The van der Waals surface area contributed by atoms with Gasteiger partial charge in [-0.25, -0.2) is 4.68 Å². The van der Waals surface area contributed by atoms with Crippen molar-refractivity contribution in [1.82, 2.24) is 15.1 Å². The molecule has 0 spiro atoms. The fourth-order valence-corrected chi connectivity index (χ4v) is 3.89. The summed E-state index contributed by atoms with van der Waals surface area (Å²) in [6, 6.07) is 3.96. The van der Waals surface area contributed by atoms with Crippen LogP contribution in [0.25, 0.3) is 0 Å². The van der Waals surface area contributed by atoms with Crippen molar-refractivity contribution in [1.29, 1.82) is 0 Å². The highest BCUT2D eigenvalue weighted by atomic mass is 16.3. The van der Waals surface area contributed by atoms with E-state index in [-0.39, 0.29) is 11.6 Å². The van der Waals surface area contributed by atoms with E-state index in [1.165, 1.54) is 6.42 Å². The van der Waals surface area contributed by atoms with E-state index in [9.17, 15) is 9.90 Å². The molecule has 3 rings (SSSR count). The van der Waals surface area contributed by atoms with E-state index in [4.69, 9.17) is 0 Å². The van der Waals surface area contributed by atoms with Gasteiger partial charge < -0.3 is 10.4 Å². The average molecular weight is 305 g/mol. The molecule has 2 N–H and O–H groups in total.